The first-order valence-corrected chi connectivity index (χ1v) is 5.87. The van der Waals surface area contributed by atoms with E-state index >= 15 is 0 Å². The molecular weight excluding hydrogens is 233 g/mol. The number of hydrogen-bond donors (Lipinski definition) is 1. The first-order valence-electron chi connectivity index (χ1n) is 5.87. The number of carbonyl (C=O) groups excluding carboxylic acids is 1. The summed E-state index contributed by atoms with van der Waals surface area (Å²) in [5.74, 6) is -0.431. The molecule has 0 radical (unpaired) electrons. The van der Waals surface area contributed by atoms with Gasteiger partial charge in [-0.1, -0.05) is 0 Å². The van der Waals surface area contributed by atoms with E-state index < -0.39 is 5.82 Å². The van der Waals surface area contributed by atoms with E-state index in [-0.39, 0.29) is 11.5 Å². The molecule has 18 heavy (non-hydrogen) atoms. The molecule has 4 nitrogen and oxygen atoms in total. The van der Waals surface area contributed by atoms with Gasteiger partial charge in [0.2, 0.25) is 5.91 Å². The summed E-state index contributed by atoms with van der Waals surface area (Å²) < 4.78 is 13.3. The minimum absolute atomic E-state index is 0.00951. The second-order valence-electron chi connectivity index (χ2n) is 4.31. The van der Waals surface area contributed by atoms with Crippen molar-refractivity contribution in [3.8, 4) is 6.07 Å². The van der Waals surface area contributed by atoms with Crippen LogP contribution < -0.4 is 5.32 Å². The highest BCUT2D eigenvalue weighted by atomic mass is 19.1. The minimum Gasteiger partial charge on any atom is -0.337 e. The molecule has 2 rings (SSSR count). The smallest absolute Gasteiger partial charge is 0.236 e. The highest BCUT2D eigenvalue weighted by Crippen LogP contribution is 2.12. The van der Waals surface area contributed by atoms with Crippen molar-refractivity contribution in [1.82, 2.24) is 10.2 Å². The molecule has 1 aliphatic rings. The van der Waals surface area contributed by atoms with Gasteiger partial charge in [-0.05, 0) is 36.7 Å². The normalized spacial score (nSPS) is 16.2. The minimum atomic E-state index is -0.440. The van der Waals surface area contributed by atoms with E-state index in [1.165, 1.54) is 12.1 Å². The van der Waals surface area contributed by atoms with Crippen LogP contribution in [0.5, 0.6) is 0 Å². The number of carbonyl (C=O) groups is 1. The van der Waals surface area contributed by atoms with Gasteiger partial charge in [-0.3, -0.25) is 4.79 Å². The van der Waals surface area contributed by atoms with Crippen LogP contribution in [0.25, 0.3) is 0 Å². The first kappa shape index (κ1) is 12.5. The predicted molar refractivity (Wildman–Crippen MR) is 64.0 cm³/mol. The zero-order valence-corrected chi connectivity index (χ0v) is 9.95. The summed E-state index contributed by atoms with van der Waals surface area (Å²) in [5, 5.41) is 11.8. The van der Waals surface area contributed by atoms with Crippen molar-refractivity contribution in [2.45, 2.75) is 13.0 Å². The van der Waals surface area contributed by atoms with Crippen LogP contribution in [0.1, 0.15) is 17.5 Å². The molecule has 0 bridgehead atoms. The van der Waals surface area contributed by atoms with Gasteiger partial charge in [-0.15, -0.1) is 0 Å². The molecule has 0 saturated carbocycles. The lowest BCUT2D eigenvalue weighted by atomic mass is 10.1. The summed E-state index contributed by atoms with van der Waals surface area (Å²) in [6.45, 7) is 2.15. The number of hydrogen-bond acceptors (Lipinski definition) is 3. The molecule has 1 amide bonds. The Morgan fingerprint density at radius 3 is 3.06 bits per heavy atom. The van der Waals surface area contributed by atoms with Gasteiger partial charge < -0.3 is 10.2 Å². The van der Waals surface area contributed by atoms with Gasteiger partial charge in [0.15, 0.2) is 0 Å². The zero-order valence-electron chi connectivity index (χ0n) is 9.95. The Hall–Kier alpha value is -1.93. The summed E-state index contributed by atoms with van der Waals surface area (Å²) in [7, 11) is 0. The molecule has 1 saturated heterocycles. The maximum absolute atomic E-state index is 13.3. The molecule has 0 spiro atoms. The Balaban J connectivity index is 2.15. The molecule has 1 aromatic rings. The van der Waals surface area contributed by atoms with E-state index in [2.05, 4.69) is 5.32 Å². The van der Waals surface area contributed by atoms with Crippen molar-refractivity contribution in [1.29, 1.82) is 5.26 Å². The van der Waals surface area contributed by atoms with Gasteiger partial charge in [0.05, 0.1) is 18.2 Å². The average molecular weight is 247 g/mol. The van der Waals surface area contributed by atoms with Crippen molar-refractivity contribution in [2.24, 2.45) is 0 Å². The number of benzene rings is 1. The van der Waals surface area contributed by atoms with Gasteiger partial charge in [0.1, 0.15) is 5.82 Å². The summed E-state index contributed by atoms with van der Waals surface area (Å²) in [6.07, 6.45) is 0.881. The number of nitrogens with zero attached hydrogens (tertiary/aromatic N) is 2. The third-order valence-corrected chi connectivity index (χ3v) is 2.87. The van der Waals surface area contributed by atoms with Crippen molar-refractivity contribution in [2.75, 3.05) is 19.6 Å². The predicted octanol–water partition coefficient (Wildman–Crippen LogP) is 1.02. The van der Waals surface area contributed by atoms with Gasteiger partial charge in [0.25, 0.3) is 0 Å². The van der Waals surface area contributed by atoms with Crippen molar-refractivity contribution >= 4 is 5.91 Å². The highest BCUT2D eigenvalue weighted by molar-refractivity contribution is 5.78. The van der Waals surface area contributed by atoms with Gasteiger partial charge in [-0.2, -0.15) is 5.26 Å². The van der Waals surface area contributed by atoms with E-state index in [0.717, 1.165) is 13.0 Å². The van der Waals surface area contributed by atoms with Crippen molar-refractivity contribution in [3.05, 3.63) is 35.1 Å². The summed E-state index contributed by atoms with van der Waals surface area (Å²) in [5.41, 5.74) is 0.937. The monoisotopic (exact) mass is 247 g/mol. The third kappa shape index (κ3) is 3.05. The van der Waals surface area contributed by atoms with Crippen LogP contribution in [0.3, 0.4) is 0 Å². The van der Waals surface area contributed by atoms with E-state index in [9.17, 15) is 9.18 Å². The summed E-state index contributed by atoms with van der Waals surface area (Å²) in [6, 6.07) is 6.09. The Kier molecular flexibility index (Phi) is 3.90. The average Bonchev–Trinajstić information content (AvgIpc) is 2.54. The fourth-order valence-corrected chi connectivity index (χ4v) is 2.02. The number of amides is 1. The molecule has 0 atom stereocenters. The second kappa shape index (κ2) is 5.61. The van der Waals surface area contributed by atoms with Crippen LogP contribution in [-0.2, 0) is 11.3 Å². The molecule has 1 fully saturated rings. The Morgan fingerprint density at radius 2 is 2.28 bits per heavy atom. The standard InChI is InChI=1S/C13H14FN3O/c14-12-5-10(7-15)4-11(6-12)9-17-3-1-2-16-8-13(17)18/h4-6,16H,1-3,8-9H2. The van der Waals surface area contributed by atoms with E-state index in [1.807, 2.05) is 6.07 Å². The maximum Gasteiger partial charge on any atom is 0.236 e. The van der Waals surface area contributed by atoms with Crippen molar-refractivity contribution < 1.29 is 9.18 Å². The Morgan fingerprint density at radius 1 is 1.44 bits per heavy atom. The topological polar surface area (TPSA) is 56.1 Å². The molecule has 1 aromatic carbocycles. The maximum atomic E-state index is 13.3. The van der Waals surface area contributed by atoms with Crippen LogP contribution in [0.4, 0.5) is 4.39 Å². The quantitative estimate of drug-likeness (QED) is 0.849. The lowest BCUT2D eigenvalue weighted by Crippen LogP contribution is -2.34. The summed E-state index contributed by atoms with van der Waals surface area (Å²) >= 11 is 0. The lowest BCUT2D eigenvalue weighted by Gasteiger charge is -2.20. The highest BCUT2D eigenvalue weighted by Gasteiger charge is 2.16. The molecule has 0 unspecified atom stereocenters. The molecule has 0 aliphatic carbocycles. The fourth-order valence-electron chi connectivity index (χ4n) is 2.02. The van der Waals surface area contributed by atoms with E-state index in [0.29, 0.717) is 25.2 Å². The zero-order chi connectivity index (χ0) is 13.0. The Bertz CT molecular complexity index is 495. The number of nitriles is 1. The van der Waals surface area contributed by atoms with E-state index in [4.69, 9.17) is 5.26 Å². The van der Waals surface area contributed by atoms with Crippen LogP contribution in [0.2, 0.25) is 0 Å². The molecule has 1 aliphatic heterocycles. The van der Waals surface area contributed by atoms with Gasteiger partial charge in [0, 0.05) is 13.1 Å². The van der Waals surface area contributed by atoms with E-state index in [1.54, 1.807) is 11.0 Å². The van der Waals surface area contributed by atoms with Crippen molar-refractivity contribution in [3.63, 3.8) is 0 Å². The molecule has 0 aromatic heterocycles. The molecule has 5 heteroatoms. The molecule has 1 N–H and O–H groups in total. The second-order valence-corrected chi connectivity index (χ2v) is 4.31. The van der Waals surface area contributed by atoms with Gasteiger partial charge >= 0.3 is 0 Å². The fraction of sp³-hybridized carbons (Fsp3) is 0.385. The first-order chi connectivity index (χ1) is 8.69. The van der Waals surface area contributed by atoms with Crippen LogP contribution in [-0.4, -0.2) is 30.4 Å². The lowest BCUT2D eigenvalue weighted by molar-refractivity contribution is -0.130. The molecule has 1 heterocycles. The molecule has 94 valence electrons. The molecular formula is C13H14FN3O. The van der Waals surface area contributed by atoms with Crippen LogP contribution >= 0.6 is 0 Å². The Labute approximate surface area is 105 Å². The third-order valence-electron chi connectivity index (χ3n) is 2.87. The number of nitrogens with one attached hydrogen (secondary N) is 1. The number of halogens is 1. The van der Waals surface area contributed by atoms with Crippen LogP contribution in [0, 0.1) is 17.1 Å². The summed E-state index contributed by atoms with van der Waals surface area (Å²) in [4.78, 5) is 13.5. The SMILES string of the molecule is N#Cc1cc(F)cc(CN2CCCNCC2=O)c1. The van der Waals surface area contributed by atoms with Crippen LogP contribution in [0.15, 0.2) is 18.2 Å². The largest absolute Gasteiger partial charge is 0.337 e. The number of rotatable bonds is 2. The van der Waals surface area contributed by atoms with Gasteiger partial charge in [-0.25, -0.2) is 4.39 Å².